The number of carbonyl (C=O) groups is 2. The normalized spacial score (nSPS) is 13.5. The van der Waals surface area contributed by atoms with Gasteiger partial charge >= 0.3 is 0 Å². The van der Waals surface area contributed by atoms with Crippen molar-refractivity contribution in [3.8, 4) is 0 Å². The van der Waals surface area contributed by atoms with Crippen LogP contribution in [0.4, 0.5) is 0 Å². The molecular formula is C12H5Br2NO2. The number of hydrogen-bond acceptors (Lipinski definition) is 2. The summed E-state index contributed by atoms with van der Waals surface area (Å²) in [7, 11) is 0. The quantitative estimate of drug-likeness (QED) is 0.621. The highest BCUT2D eigenvalue weighted by atomic mass is 79.9. The fourth-order valence-electron chi connectivity index (χ4n) is 1.95. The smallest absolute Gasteiger partial charge is 0.264 e. The Kier molecular flexibility index (Phi) is 2.34. The number of hydrogen-bond donors (Lipinski definition) is 0. The summed E-state index contributed by atoms with van der Waals surface area (Å²) in [5.41, 5.74) is 1.28. The SMILES string of the molecule is O=C1c2ccccc2C(=O)n2c1cc(Br)c2Br. The van der Waals surface area contributed by atoms with Gasteiger partial charge in [0.05, 0.1) is 15.7 Å². The molecule has 17 heavy (non-hydrogen) atoms. The zero-order valence-electron chi connectivity index (χ0n) is 8.41. The van der Waals surface area contributed by atoms with Crippen LogP contribution in [-0.4, -0.2) is 16.3 Å². The van der Waals surface area contributed by atoms with E-state index < -0.39 is 0 Å². The minimum Gasteiger partial charge on any atom is -0.287 e. The molecule has 0 radical (unpaired) electrons. The standard InChI is InChI=1S/C12H5Br2NO2/c13-8-5-9-10(16)6-3-1-2-4-7(6)12(17)15(9)11(8)14/h1-5H. The van der Waals surface area contributed by atoms with E-state index in [1.807, 2.05) is 0 Å². The summed E-state index contributed by atoms with van der Waals surface area (Å²) in [6, 6.07) is 8.50. The molecule has 2 aromatic rings. The van der Waals surface area contributed by atoms with Crippen LogP contribution < -0.4 is 0 Å². The lowest BCUT2D eigenvalue weighted by molar-refractivity contribution is 0.0908. The van der Waals surface area contributed by atoms with Gasteiger partial charge in [-0.05, 0) is 44.0 Å². The second-order valence-electron chi connectivity index (χ2n) is 3.68. The van der Waals surface area contributed by atoms with Crippen LogP contribution in [0, 0.1) is 0 Å². The van der Waals surface area contributed by atoms with Crippen molar-refractivity contribution in [1.29, 1.82) is 0 Å². The molecule has 1 aliphatic heterocycles. The van der Waals surface area contributed by atoms with Crippen LogP contribution >= 0.6 is 31.9 Å². The van der Waals surface area contributed by atoms with E-state index in [9.17, 15) is 9.59 Å². The molecule has 1 aliphatic rings. The van der Waals surface area contributed by atoms with Gasteiger partial charge in [0.1, 0.15) is 4.60 Å². The van der Waals surface area contributed by atoms with Crippen molar-refractivity contribution in [1.82, 2.24) is 4.57 Å². The molecule has 5 heteroatoms. The molecule has 1 aromatic heterocycles. The zero-order valence-corrected chi connectivity index (χ0v) is 11.6. The number of benzene rings is 1. The van der Waals surface area contributed by atoms with Crippen molar-refractivity contribution in [2.24, 2.45) is 0 Å². The zero-order chi connectivity index (χ0) is 12.2. The van der Waals surface area contributed by atoms with Gasteiger partial charge in [0.2, 0.25) is 5.78 Å². The van der Waals surface area contributed by atoms with Gasteiger partial charge in [-0.3, -0.25) is 14.2 Å². The second-order valence-corrected chi connectivity index (χ2v) is 5.29. The molecule has 1 aromatic carbocycles. The topological polar surface area (TPSA) is 39.1 Å². The largest absolute Gasteiger partial charge is 0.287 e. The summed E-state index contributed by atoms with van der Waals surface area (Å²) in [5, 5.41) is 0. The van der Waals surface area contributed by atoms with Crippen LogP contribution in [0.15, 0.2) is 39.4 Å². The molecule has 0 spiro atoms. The van der Waals surface area contributed by atoms with E-state index in [4.69, 9.17) is 0 Å². The molecule has 3 nitrogen and oxygen atoms in total. The van der Waals surface area contributed by atoms with E-state index in [1.54, 1.807) is 30.3 Å². The number of halogens is 2. The van der Waals surface area contributed by atoms with E-state index >= 15 is 0 Å². The van der Waals surface area contributed by atoms with Crippen molar-refractivity contribution in [3.63, 3.8) is 0 Å². The maximum Gasteiger partial charge on any atom is 0.264 e. The Morgan fingerprint density at radius 1 is 1.00 bits per heavy atom. The lowest BCUT2D eigenvalue weighted by Crippen LogP contribution is -2.26. The molecule has 0 amide bonds. The van der Waals surface area contributed by atoms with Crippen LogP contribution in [0.3, 0.4) is 0 Å². The van der Waals surface area contributed by atoms with Crippen LogP contribution in [0.25, 0.3) is 0 Å². The van der Waals surface area contributed by atoms with E-state index in [2.05, 4.69) is 31.9 Å². The molecule has 0 N–H and O–H groups in total. The summed E-state index contributed by atoms with van der Waals surface area (Å²) in [5.74, 6) is -0.320. The molecule has 0 aliphatic carbocycles. The summed E-state index contributed by atoms with van der Waals surface area (Å²) in [6.07, 6.45) is 0. The Labute approximate surface area is 114 Å². The molecule has 3 rings (SSSR count). The first-order chi connectivity index (χ1) is 8.11. The van der Waals surface area contributed by atoms with Gasteiger partial charge in [-0.15, -0.1) is 0 Å². The first-order valence-corrected chi connectivity index (χ1v) is 6.45. The maximum atomic E-state index is 12.2. The van der Waals surface area contributed by atoms with Gasteiger partial charge in [-0.25, -0.2) is 0 Å². The summed E-state index contributed by atoms with van der Waals surface area (Å²) >= 11 is 6.60. The third-order valence-corrected chi connectivity index (χ3v) is 4.65. The molecule has 0 saturated carbocycles. The van der Waals surface area contributed by atoms with Crippen molar-refractivity contribution < 1.29 is 9.59 Å². The Hall–Kier alpha value is -1.20. The lowest BCUT2D eigenvalue weighted by atomic mass is 9.98. The highest BCUT2D eigenvalue weighted by Gasteiger charge is 2.31. The first-order valence-electron chi connectivity index (χ1n) is 4.86. The van der Waals surface area contributed by atoms with E-state index in [-0.39, 0.29) is 11.7 Å². The number of nitrogens with zero attached hydrogens (tertiary/aromatic N) is 1. The third kappa shape index (κ3) is 1.39. The van der Waals surface area contributed by atoms with Gasteiger partial charge in [-0.2, -0.15) is 0 Å². The molecule has 0 unspecified atom stereocenters. The van der Waals surface area contributed by atoms with E-state index in [1.165, 1.54) is 4.57 Å². The average molecular weight is 355 g/mol. The fraction of sp³-hybridized carbons (Fsp3) is 0. The molecule has 2 heterocycles. The minimum absolute atomic E-state index is 0.133. The number of fused-ring (bicyclic) bond motifs is 2. The Morgan fingerprint density at radius 3 is 2.35 bits per heavy atom. The number of rotatable bonds is 0. The average Bonchev–Trinajstić information content (AvgIpc) is 2.64. The predicted molar refractivity (Wildman–Crippen MR) is 69.4 cm³/mol. The third-order valence-electron chi connectivity index (χ3n) is 2.74. The maximum absolute atomic E-state index is 12.2. The molecular weight excluding hydrogens is 350 g/mol. The highest BCUT2D eigenvalue weighted by Crippen LogP contribution is 2.33. The Bertz CT molecular complexity index is 673. The summed E-state index contributed by atoms with van der Waals surface area (Å²) in [6.45, 7) is 0. The van der Waals surface area contributed by atoms with Crippen molar-refractivity contribution in [2.75, 3.05) is 0 Å². The van der Waals surface area contributed by atoms with Gasteiger partial charge in [0.15, 0.2) is 0 Å². The molecule has 0 bridgehead atoms. The van der Waals surface area contributed by atoms with Gasteiger partial charge in [-0.1, -0.05) is 18.2 Å². The summed E-state index contributed by atoms with van der Waals surface area (Å²) < 4.78 is 2.65. The number of carbonyl (C=O) groups excluding carboxylic acids is 2. The monoisotopic (exact) mass is 353 g/mol. The van der Waals surface area contributed by atoms with Crippen molar-refractivity contribution >= 4 is 43.6 Å². The van der Waals surface area contributed by atoms with Crippen LogP contribution in [0.5, 0.6) is 0 Å². The second kappa shape index (κ2) is 3.65. The Balaban J connectivity index is 2.37. The summed E-state index contributed by atoms with van der Waals surface area (Å²) in [4.78, 5) is 24.5. The predicted octanol–water partition coefficient (Wildman–Crippen LogP) is 3.25. The lowest BCUT2D eigenvalue weighted by Gasteiger charge is -2.16. The number of ketones is 1. The van der Waals surface area contributed by atoms with Crippen LogP contribution in [0.2, 0.25) is 0 Å². The highest BCUT2D eigenvalue weighted by molar-refractivity contribution is 9.13. The molecule has 0 fully saturated rings. The molecule has 0 saturated heterocycles. The van der Waals surface area contributed by atoms with Crippen LogP contribution in [-0.2, 0) is 0 Å². The van der Waals surface area contributed by atoms with E-state index in [0.29, 0.717) is 25.9 Å². The fourth-order valence-corrected chi connectivity index (χ4v) is 2.81. The van der Waals surface area contributed by atoms with Gasteiger partial charge in [0.25, 0.3) is 5.91 Å². The van der Waals surface area contributed by atoms with Gasteiger partial charge < -0.3 is 0 Å². The van der Waals surface area contributed by atoms with E-state index in [0.717, 1.165) is 0 Å². The van der Waals surface area contributed by atoms with Crippen molar-refractivity contribution in [3.05, 3.63) is 56.2 Å². The number of aromatic nitrogens is 1. The van der Waals surface area contributed by atoms with Crippen LogP contribution in [0.1, 0.15) is 26.4 Å². The molecule has 0 atom stereocenters. The Morgan fingerprint density at radius 2 is 1.65 bits per heavy atom. The first kappa shape index (κ1) is 10.9. The minimum atomic E-state index is -0.187. The van der Waals surface area contributed by atoms with Gasteiger partial charge in [0, 0.05) is 5.56 Å². The molecule has 84 valence electrons. The van der Waals surface area contributed by atoms with Crippen molar-refractivity contribution in [2.45, 2.75) is 0 Å².